The molecule has 0 heterocycles. The third-order valence-corrected chi connectivity index (χ3v) is 2.79. The molecule has 0 aromatic heterocycles. The summed E-state index contributed by atoms with van der Waals surface area (Å²) in [6, 6.07) is 5.05. The van der Waals surface area contributed by atoms with Crippen molar-refractivity contribution in [3.63, 3.8) is 0 Å². The number of aliphatic hydroxyl groups is 1. The fraction of sp³-hybridized carbons (Fsp3) is 0.500. The maximum atomic E-state index is 10.9. The normalized spacial score (nSPS) is 12.0. The Hall–Kier alpha value is -1.82. The molecule has 0 saturated heterocycles. The van der Waals surface area contributed by atoms with Gasteiger partial charge in [0.2, 0.25) is 0 Å². The Kier molecular flexibility index (Phi) is 4.91. The summed E-state index contributed by atoms with van der Waals surface area (Å²) in [7, 11) is 3.50. The van der Waals surface area contributed by atoms with Gasteiger partial charge in [-0.3, -0.25) is 10.1 Å². The molecule has 0 aliphatic rings. The summed E-state index contributed by atoms with van der Waals surface area (Å²) in [4.78, 5) is 12.4. The first-order valence-corrected chi connectivity index (χ1v) is 5.77. The molecule has 0 bridgehead atoms. The number of hydrogen-bond donors (Lipinski definition) is 2. The highest BCUT2D eigenvalue weighted by atomic mass is 16.6. The topological polar surface area (TPSA) is 78.6 Å². The van der Waals surface area contributed by atoms with Crippen molar-refractivity contribution in [3.05, 3.63) is 28.3 Å². The molecule has 0 fully saturated rings. The minimum Gasteiger partial charge on any atom is -0.396 e. The van der Waals surface area contributed by atoms with Gasteiger partial charge in [-0.1, -0.05) is 6.92 Å². The number of benzene rings is 1. The van der Waals surface area contributed by atoms with Gasteiger partial charge in [0.05, 0.1) is 4.92 Å². The lowest BCUT2D eigenvalue weighted by atomic mass is 10.1. The molecule has 0 radical (unpaired) electrons. The van der Waals surface area contributed by atoms with E-state index in [1.165, 1.54) is 6.07 Å². The van der Waals surface area contributed by atoms with Crippen molar-refractivity contribution in [2.24, 2.45) is 5.92 Å². The van der Waals surface area contributed by atoms with Crippen molar-refractivity contribution in [1.82, 2.24) is 0 Å². The molecule has 0 aliphatic heterocycles. The zero-order valence-electron chi connectivity index (χ0n) is 10.9. The van der Waals surface area contributed by atoms with E-state index in [0.29, 0.717) is 12.2 Å². The summed E-state index contributed by atoms with van der Waals surface area (Å²) < 4.78 is 0. The summed E-state index contributed by atoms with van der Waals surface area (Å²) in [6.45, 7) is 2.67. The van der Waals surface area contributed by atoms with E-state index in [1.54, 1.807) is 13.1 Å². The number of rotatable bonds is 6. The molecule has 0 aliphatic carbocycles. The first kappa shape index (κ1) is 14.2. The van der Waals surface area contributed by atoms with Crippen molar-refractivity contribution in [3.8, 4) is 0 Å². The summed E-state index contributed by atoms with van der Waals surface area (Å²) in [5.41, 5.74) is 1.31. The van der Waals surface area contributed by atoms with E-state index in [-0.39, 0.29) is 18.2 Å². The predicted molar refractivity (Wildman–Crippen MR) is 72.2 cm³/mol. The summed E-state index contributed by atoms with van der Waals surface area (Å²) in [5, 5.41) is 22.7. The van der Waals surface area contributed by atoms with Gasteiger partial charge in [-0.15, -0.1) is 0 Å². The van der Waals surface area contributed by atoms with Crippen molar-refractivity contribution < 1.29 is 10.0 Å². The minimum absolute atomic E-state index is 0.0542. The number of nitrogens with zero attached hydrogens (tertiary/aromatic N) is 2. The highest BCUT2D eigenvalue weighted by Gasteiger charge is 2.15. The lowest BCUT2D eigenvalue weighted by molar-refractivity contribution is -0.383. The SMILES string of the molecule is CNc1ccc(N(C)CC(C)CO)cc1[N+](=O)[O-]. The van der Waals surface area contributed by atoms with Gasteiger partial charge in [-0.05, 0) is 18.1 Å². The third kappa shape index (κ3) is 3.33. The molecule has 18 heavy (non-hydrogen) atoms. The smallest absolute Gasteiger partial charge is 0.294 e. The van der Waals surface area contributed by atoms with Crippen molar-refractivity contribution in [2.45, 2.75) is 6.92 Å². The number of hydrogen-bond acceptors (Lipinski definition) is 5. The summed E-state index contributed by atoms with van der Waals surface area (Å²) >= 11 is 0. The quantitative estimate of drug-likeness (QED) is 0.596. The lowest BCUT2D eigenvalue weighted by Crippen LogP contribution is -2.25. The molecule has 1 unspecified atom stereocenters. The summed E-state index contributed by atoms with van der Waals surface area (Å²) in [5.74, 6) is 0.123. The van der Waals surface area contributed by atoms with E-state index in [4.69, 9.17) is 5.11 Å². The number of aliphatic hydroxyl groups excluding tert-OH is 1. The lowest BCUT2D eigenvalue weighted by Gasteiger charge is -2.22. The fourth-order valence-electron chi connectivity index (χ4n) is 1.75. The molecule has 1 aromatic carbocycles. The van der Waals surface area contributed by atoms with E-state index in [1.807, 2.05) is 24.9 Å². The molecule has 1 atom stereocenters. The van der Waals surface area contributed by atoms with Crippen LogP contribution in [-0.2, 0) is 0 Å². The average molecular weight is 253 g/mol. The first-order valence-electron chi connectivity index (χ1n) is 5.77. The van der Waals surface area contributed by atoms with E-state index >= 15 is 0 Å². The van der Waals surface area contributed by atoms with E-state index in [9.17, 15) is 10.1 Å². The van der Waals surface area contributed by atoms with Crippen molar-refractivity contribution in [1.29, 1.82) is 0 Å². The maximum absolute atomic E-state index is 10.9. The van der Waals surface area contributed by atoms with Crippen molar-refractivity contribution >= 4 is 17.1 Å². The Balaban J connectivity index is 2.97. The van der Waals surface area contributed by atoms with E-state index in [2.05, 4.69) is 5.32 Å². The molecule has 6 nitrogen and oxygen atoms in total. The monoisotopic (exact) mass is 253 g/mol. The van der Waals surface area contributed by atoms with Gasteiger partial charge in [0.15, 0.2) is 0 Å². The molecule has 6 heteroatoms. The van der Waals surface area contributed by atoms with E-state index < -0.39 is 4.92 Å². The van der Waals surface area contributed by atoms with Gasteiger partial charge >= 0.3 is 0 Å². The van der Waals surface area contributed by atoms with E-state index in [0.717, 1.165) is 5.69 Å². The summed E-state index contributed by atoms with van der Waals surface area (Å²) in [6.07, 6.45) is 0. The average Bonchev–Trinajstić information content (AvgIpc) is 2.37. The Morgan fingerprint density at radius 1 is 1.56 bits per heavy atom. The maximum Gasteiger partial charge on any atom is 0.294 e. The second kappa shape index (κ2) is 6.20. The predicted octanol–water partition coefficient (Wildman–Crippen LogP) is 1.70. The number of anilines is 2. The molecular formula is C12H19N3O3. The molecule has 0 amide bonds. The van der Waals surface area contributed by atoms with Crippen LogP contribution in [0.15, 0.2) is 18.2 Å². The van der Waals surface area contributed by atoms with Crippen molar-refractivity contribution in [2.75, 3.05) is 37.5 Å². The third-order valence-electron chi connectivity index (χ3n) is 2.79. The Labute approximate surface area is 106 Å². The van der Waals surface area contributed by atoms with Crippen LogP contribution >= 0.6 is 0 Å². The molecule has 2 N–H and O–H groups in total. The van der Waals surface area contributed by atoms with Crippen LogP contribution in [0, 0.1) is 16.0 Å². The van der Waals surface area contributed by atoms with Gasteiger partial charge in [-0.2, -0.15) is 0 Å². The molecule has 0 saturated carbocycles. The zero-order valence-corrected chi connectivity index (χ0v) is 10.9. The van der Waals surface area contributed by atoms with Gasteiger partial charge in [0.25, 0.3) is 5.69 Å². The highest BCUT2D eigenvalue weighted by Crippen LogP contribution is 2.29. The van der Waals surface area contributed by atoms with Gasteiger partial charge in [0.1, 0.15) is 5.69 Å². The zero-order chi connectivity index (χ0) is 13.7. The van der Waals surface area contributed by atoms with Crippen LogP contribution in [0.1, 0.15) is 6.92 Å². The minimum atomic E-state index is -0.404. The largest absolute Gasteiger partial charge is 0.396 e. The number of nitrogens with one attached hydrogen (secondary N) is 1. The molecule has 1 rings (SSSR count). The van der Waals surface area contributed by atoms with Gasteiger partial charge < -0.3 is 15.3 Å². The van der Waals surface area contributed by atoms with Gasteiger partial charge in [0, 0.05) is 39.0 Å². The van der Waals surface area contributed by atoms with Crippen LogP contribution in [0.2, 0.25) is 0 Å². The molecular weight excluding hydrogens is 234 g/mol. The van der Waals surface area contributed by atoms with Crippen LogP contribution < -0.4 is 10.2 Å². The number of nitro groups is 1. The standard InChI is InChI=1S/C12H19N3O3/c1-9(8-16)7-14(3)10-4-5-11(13-2)12(6-10)15(17)18/h4-6,9,13,16H,7-8H2,1-3H3. The molecule has 1 aromatic rings. The van der Waals surface area contributed by atoms with Crippen LogP contribution in [0.5, 0.6) is 0 Å². The molecule has 100 valence electrons. The van der Waals surface area contributed by atoms with Crippen LogP contribution in [0.3, 0.4) is 0 Å². The Morgan fingerprint density at radius 3 is 2.72 bits per heavy atom. The second-order valence-corrected chi connectivity index (χ2v) is 4.38. The second-order valence-electron chi connectivity index (χ2n) is 4.38. The first-order chi connectivity index (χ1) is 8.49. The Bertz CT molecular complexity index is 423. The number of nitro benzene ring substituents is 1. The Morgan fingerprint density at radius 2 is 2.22 bits per heavy atom. The molecule has 0 spiro atoms. The highest BCUT2D eigenvalue weighted by molar-refractivity contribution is 5.68. The van der Waals surface area contributed by atoms with Crippen LogP contribution in [-0.4, -0.2) is 37.3 Å². The fourth-order valence-corrected chi connectivity index (χ4v) is 1.75. The van der Waals surface area contributed by atoms with Crippen LogP contribution in [0.4, 0.5) is 17.1 Å². The van der Waals surface area contributed by atoms with Gasteiger partial charge in [-0.25, -0.2) is 0 Å². The van der Waals surface area contributed by atoms with Crippen LogP contribution in [0.25, 0.3) is 0 Å².